The van der Waals surface area contributed by atoms with E-state index in [-0.39, 0.29) is 5.92 Å². The highest BCUT2D eigenvalue weighted by molar-refractivity contribution is 5.32. The molecule has 0 bridgehead atoms. The van der Waals surface area contributed by atoms with E-state index in [0.717, 1.165) is 43.4 Å². The van der Waals surface area contributed by atoms with Crippen LogP contribution in [0.15, 0.2) is 12.1 Å². The summed E-state index contributed by atoms with van der Waals surface area (Å²) in [4.78, 5) is 0. The van der Waals surface area contributed by atoms with Gasteiger partial charge in [0, 0.05) is 0 Å². The summed E-state index contributed by atoms with van der Waals surface area (Å²) in [5.41, 5.74) is 0.454. The highest BCUT2D eigenvalue weighted by atomic mass is 19.2. The highest BCUT2D eigenvalue weighted by Gasteiger charge is 2.32. The SMILES string of the molecule is CCC[C@H]1CC[C@H](C2CCC(c3ccc(O)c(F)c3F)CC2)CC1. The van der Waals surface area contributed by atoms with Gasteiger partial charge in [0.2, 0.25) is 5.82 Å². The molecular formula is C21H30F2O. The van der Waals surface area contributed by atoms with E-state index in [4.69, 9.17) is 0 Å². The predicted octanol–water partition coefficient (Wildman–Crippen LogP) is 6.55. The fourth-order valence-electron chi connectivity index (χ4n) is 5.13. The van der Waals surface area contributed by atoms with Gasteiger partial charge in [-0.2, -0.15) is 4.39 Å². The van der Waals surface area contributed by atoms with E-state index in [2.05, 4.69) is 6.92 Å². The first-order chi connectivity index (χ1) is 11.6. The van der Waals surface area contributed by atoms with Crippen LogP contribution in [-0.4, -0.2) is 5.11 Å². The molecule has 0 unspecified atom stereocenters. The molecule has 3 heteroatoms. The monoisotopic (exact) mass is 336 g/mol. The Kier molecular flexibility index (Phi) is 5.78. The molecule has 0 atom stereocenters. The van der Waals surface area contributed by atoms with Crippen molar-refractivity contribution in [2.24, 2.45) is 17.8 Å². The molecule has 134 valence electrons. The minimum absolute atomic E-state index is 0.104. The average molecular weight is 336 g/mol. The highest BCUT2D eigenvalue weighted by Crippen LogP contribution is 2.45. The summed E-state index contributed by atoms with van der Waals surface area (Å²) >= 11 is 0. The number of hydrogen-bond donors (Lipinski definition) is 1. The smallest absolute Gasteiger partial charge is 0.200 e. The average Bonchev–Trinajstić information content (AvgIpc) is 2.61. The van der Waals surface area contributed by atoms with Crippen molar-refractivity contribution in [3.05, 3.63) is 29.3 Å². The first kappa shape index (κ1) is 17.7. The van der Waals surface area contributed by atoms with Gasteiger partial charge in [-0.3, -0.25) is 0 Å². The molecular weight excluding hydrogens is 306 g/mol. The van der Waals surface area contributed by atoms with Gasteiger partial charge in [0.25, 0.3) is 0 Å². The van der Waals surface area contributed by atoms with Gasteiger partial charge in [-0.25, -0.2) is 4.39 Å². The van der Waals surface area contributed by atoms with E-state index in [1.165, 1.54) is 44.6 Å². The standard InChI is InChI=1S/C21H30F2O/c1-2-3-14-4-6-15(7-5-14)16-8-10-17(11-9-16)18-12-13-19(24)21(23)20(18)22/h12-17,24H,2-11H2,1H3/t14-,15-,16?,17?. The molecule has 0 spiro atoms. The molecule has 2 aliphatic carbocycles. The molecule has 1 N–H and O–H groups in total. The fraction of sp³-hybridized carbons (Fsp3) is 0.714. The lowest BCUT2D eigenvalue weighted by atomic mass is 9.68. The molecule has 3 rings (SSSR count). The van der Waals surface area contributed by atoms with E-state index in [9.17, 15) is 13.9 Å². The number of phenolic OH excluding ortho intramolecular Hbond substituents is 1. The van der Waals surface area contributed by atoms with Gasteiger partial charge < -0.3 is 5.11 Å². The first-order valence-electron chi connectivity index (χ1n) is 9.77. The van der Waals surface area contributed by atoms with Gasteiger partial charge in [-0.1, -0.05) is 38.7 Å². The fourth-order valence-corrected chi connectivity index (χ4v) is 5.13. The Morgan fingerprint density at radius 2 is 1.46 bits per heavy atom. The van der Waals surface area contributed by atoms with Gasteiger partial charge in [-0.15, -0.1) is 0 Å². The Labute approximate surface area is 144 Å². The number of hydrogen-bond acceptors (Lipinski definition) is 1. The summed E-state index contributed by atoms with van der Waals surface area (Å²) in [7, 11) is 0. The van der Waals surface area contributed by atoms with Crippen molar-refractivity contribution in [2.45, 2.75) is 77.0 Å². The van der Waals surface area contributed by atoms with Crippen molar-refractivity contribution in [2.75, 3.05) is 0 Å². The Hall–Kier alpha value is -1.12. The Bertz CT molecular complexity index is 541. The molecule has 24 heavy (non-hydrogen) atoms. The van der Waals surface area contributed by atoms with Gasteiger partial charge in [0.1, 0.15) is 0 Å². The second-order valence-corrected chi connectivity index (χ2v) is 7.98. The Morgan fingerprint density at radius 1 is 0.875 bits per heavy atom. The normalized spacial score (nSPS) is 31.1. The van der Waals surface area contributed by atoms with Crippen molar-refractivity contribution < 1.29 is 13.9 Å². The van der Waals surface area contributed by atoms with Crippen LogP contribution in [0.5, 0.6) is 5.75 Å². The van der Waals surface area contributed by atoms with Crippen LogP contribution in [0.1, 0.15) is 82.6 Å². The summed E-state index contributed by atoms with van der Waals surface area (Å²) in [5.74, 6) is 0.134. The molecule has 2 saturated carbocycles. The molecule has 0 heterocycles. The third kappa shape index (κ3) is 3.75. The summed E-state index contributed by atoms with van der Waals surface area (Å²) < 4.78 is 27.7. The van der Waals surface area contributed by atoms with Gasteiger partial charge in [-0.05, 0) is 73.8 Å². The van der Waals surface area contributed by atoms with Crippen molar-refractivity contribution in [1.29, 1.82) is 0 Å². The van der Waals surface area contributed by atoms with Crippen LogP contribution >= 0.6 is 0 Å². The lowest BCUT2D eigenvalue weighted by Gasteiger charge is -2.38. The second kappa shape index (κ2) is 7.84. The largest absolute Gasteiger partial charge is 0.505 e. The Morgan fingerprint density at radius 3 is 2.04 bits per heavy atom. The lowest BCUT2D eigenvalue weighted by molar-refractivity contribution is 0.156. The van der Waals surface area contributed by atoms with E-state index < -0.39 is 17.4 Å². The third-order valence-electron chi connectivity index (χ3n) is 6.56. The van der Waals surface area contributed by atoms with Crippen LogP contribution in [0.2, 0.25) is 0 Å². The molecule has 0 aromatic heterocycles. The van der Waals surface area contributed by atoms with Crippen LogP contribution in [0.25, 0.3) is 0 Å². The number of phenols is 1. The predicted molar refractivity (Wildman–Crippen MR) is 93.1 cm³/mol. The Balaban J connectivity index is 1.54. The van der Waals surface area contributed by atoms with Crippen molar-refractivity contribution >= 4 is 0 Å². The molecule has 0 amide bonds. The zero-order valence-electron chi connectivity index (χ0n) is 14.7. The van der Waals surface area contributed by atoms with E-state index in [1.807, 2.05) is 0 Å². The zero-order valence-corrected chi connectivity index (χ0v) is 14.7. The molecule has 0 saturated heterocycles. The van der Waals surface area contributed by atoms with Crippen molar-refractivity contribution in [1.82, 2.24) is 0 Å². The minimum atomic E-state index is -1.09. The van der Waals surface area contributed by atoms with E-state index in [1.54, 1.807) is 6.07 Å². The van der Waals surface area contributed by atoms with E-state index in [0.29, 0.717) is 5.56 Å². The number of benzene rings is 1. The number of rotatable bonds is 4. The quantitative estimate of drug-likeness (QED) is 0.661. The van der Waals surface area contributed by atoms with Gasteiger partial charge >= 0.3 is 0 Å². The van der Waals surface area contributed by atoms with Crippen LogP contribution in [0.4, 0.5) is 8.78 Å². The molecule has 0 aliphatic heterocycles. The summed E-state index contributed by atoms with van der Waals surface area (Å²) in [6, 6.07) is 2.85. The zero-order chi connectivity index (χ0) is 17.1. The summed E-state index contributed by atoms with van der Waals surface area (Å²) in [6.45, 7) is 2.28. The molecule has 2 aliphatic rings. The maximum Gasteiger partial charge on any atom is 0.200 e. The third-order valence-corrected chi connectivity index (χ3v) is 6.56. The summed E-state index contributed by atoms with van der Waals surface area (Å²) in [5, 5.41) is 9.28. The maximum atomic E-state index is 14.1. The van der Waals surface area contributed by atoms with Crippen LogP contribution in [-0.2, 0) is 0 Å². The molecule has 1 aromatic carbocycles. The molecule has 1 nitrogen and oxygen atoms in total. The van der Waals surface area contributed by atoms with Crippen molar-refractivity contribution in [3.8, 4) is 5.75 Å². The van der Waals surface area contributed by atoms with Gasteiger partial charge in [0.15, 0.2) is 11.6 Å². The van der Waals surface area contributed by atoms with Crippen LogP contribution in [0.3, 0.4) is 0 Å². The maximum absolute atomic E-state index is 14.1. The van der Waals surface area contributed by atoms with E-state index >= 15 is 0 Å². The van der Waals surface area contributed by atoms with Gasteiger partial charge in [0.05, 0.1) is 0 Å². The number of halogens is 2. The minimum Gasteiger partial charge on any atom is -0.505 e. The van der Waals surface area contributed by atoms with Crippen LogP contribution in [0, 0.1) is 29.4 Å². The summed E-state index contributed by atoms with van der Waals surface area (Å²) in [6.07, 6.45) is 12.3. The number of aromatic hydroxyl groups is 1. The lowest BCUT2D eigenvalue weighted by Crippen LogP contribution is -2.25. The molecule has 1 aromatic rings. The van der Waals surface area contributed by atoms with Crippen LogP contribution < -0.4 is 0 Å². The first-order valence-corrected chi connectivity index (χ1v) is 9.77. The molecule has 0 radical (unpaired) electrons. The second-order valence-electron chi connectivity index (χ2n) is 7.98. The topological polar surface area (TPSA) is 20.2 Å². The van der Waals surface area contributed by atoms with Crippen molar-refractivity contribution in [3.63, 3.8) is 0 Å². The molecule has 2 fully saturated rings.